The first-order chi connectivity index (χ1) is 11.5. The van der Waals surface area contributed by atoms with Gasteiger partial charge in [0.15, 0.2) is 0 Å². The summed E-state index contributed by atoms with van der Waals surface area (Å²) in [5.41, 5.74) is 0. The van der Waals surface area contributed by atoms with E-state index >= 15 is 0 Å². The van der Waals surface area contributed by atoms with Crippen LogP contribution >= 0.6 is 11.6 Å². The smallest absolute Gasteiger partial charge is 0.246 e. The molecule has 1 fully saturated rings. The Morgan fingerprint density at radius 3 is 2.88 bits per heavy atom. The van der Waals surface area contributed by atoms with E-state index < -0.39 is 10.0 Å². The lowest BCUT2D eigenvalue weighted by Gasteiger charge is -2.18. The van der Waals surface area contributed by atoms with Crippen molar-refractivity contribution in [2.45, 2.75) is 17.4 Å². The predicted octanol–water partition coefficient (Wildman–Crippen LogP) is 1.98. The lowest BCUT2D eigenvalue weighted by Crippen LogP contribution is -2.31. The number of nitrogens with zero attached hydrogens (tertiary/aromatic N) is 3. The molecule has 0 aliphatic carbocycles. The topological polar surface area (TPSA) is 81.6 Å². The first kappa shape index (κ1) is 16.9. The second-order valence-corrected chi connectivity index (χ2v) is 7.59. The predicted molar refractivity (Wildman–Crippen MR) is 87.8 cm³/mol. The Morgan fingerprint density at radius 2 is 2.17 bits per heavy atom. The molecule has 2 heterocycles. The van der Waals surface area contributed by atoms with E-state index in [9.17, 15) is 8.42 Å². The number of methoxy groups -OCH3 is 1. The van der Waals surface area contributed by atoms with Gasteiger partial charge < -0.3 is 9.47 Å². The van der Waals surface area contributed by atoms with Crippen LogP contribution in [0.15, 0.2) is 41.4 Å². The van der Waals surface area contributed by atoms with Crippen molar-refractivity contribution in [1.82, 2.24) is 14.5 Å². The monoisotopic (exact) mass is 369 g/mol. The highest BCUT2D eigenvalue weighted by Crippen LogP contribution is 2.31. The van der Waals surface area contributed by atoms with Gasteiger partial charge in [-0.15, -0.1) is 5.10 Å². The van der Waals surface area contributed by atoms with Crippen LogP contribution in [0.1, 0.15) is 6.42 Å². The van der Waals surface area contributed by atoms with Gasteiger partial charge in [0.25, 0.3) is 0 Å². The summed E-state index contributed by atoms with van der Waals surface area (Å²) in [5, 5.41) is 7.92. The highest BCUT2D eigenvalue weighted by Gasteiger charge is 2.35. The Hall–Kier alpha value is -1.90. The third kappa shape index (κ3) is 3.45. The summed E-state index contributed by atoms with van der Waals surface area (Å²) in [7, 11) is -2.30. The fourth-order valence-corrected chi connectivity index (χ4v) is 4.43. The number of hydrogen-bond donors (Lipinski definition) is 0. The van der Waals surface area contributed by atoms with Gasteiger partial charge in [0.05, 0.1) is 13.7 Å². The van der Waals surface area contributed by atoms with Crippen LogP contribution in [0.25, 0.3) is 0 Å². The summed E-state index contributed by atoms with van der Waals surface area (Å²) in [6, 6.07) is 7.92. The van der Waals surface area contributed by atoms with Gasteiger partial charge in [-0.3, -0.25) is 0 Å². The molecule has 0 bridgehead atoms. The fraction of sp³-hybridized carbons (Fsp3) is 0.333. The minimum absolute atomic E-state index is 0.0534. The average Bonchev–Trinajstić information content (AvgIpc) is 3.05. The van der Waals surface area contributed by atoms with Crippen molar-refractivity contribution in [1.29, 1.82) is 0 Å². The van der Waals surface area contributed by atoms with Crippen LogP contribution in [0, 0.1) is 0 Å². The Kier molecular flexibility index (Phi) is 4.88. The van der Waals surface area contributed by atoms with Gasteiger partial charge in [-0.1, -0.05) is 11.6 Å². The van der Waals surface area contributed by atoms with E-state index in [1.54, 1.807) is 30.5 Å². The van der Waals surface area contributed by atoms with Crippen LogP contribution in [-0.4, -0.2) is 49.2 Å². The van der Waals surface area contributed by atoms with Gasteiger partial charge in [-0.2, -0.15) is 9.40 Å². The zero-order chi connectivity index (χ0) is 17.2. The fourth-order valence-electron chi connectivity index (χ4n) is 2.52. The normalized spacial score (nSPS) is 18.5. The first-order valence-corrected chi connectivity index (χ1v) is 9.10. The summed E-state index contributed by atoms with van der Waals surface area (Å²) < 4.78 is 37.9. The second-order valence-electron chi connectivity index (χ2n) is 5.25. The van der Waals surface area contributed by atoms with Gasteiger partial charge in [0.1, 0.15) is 16.7 Å². The van der Waals surface area contributed by atoms with Crippen LogP contribution in [0.5, 0.6) is 11.6 Å². The number of rotatable bonds is 5. The Bertz CT molecular complexity index is 817. The Balaban J connectivity index is 1.78. The molecule has 3 rings (SSSR count). The molecule has 1 aromatic carbocycles. The molecule has 1 unspecified atom stereocenters. The molecule has 0 saturated carbocycles. The van der Waals surface area contributed by atoms with Crippen molar-refractivity contribution in [2.24, 2.45) is 0 Å². The zero-order valence-electron chi connectivity index (χ0n) is 12.9. The van der Waals surface area contributed by atoms with E-state index in [0.717, 1.165) is 0 Å². The molecule has 9 heteroatoms. The zero-order valence-corrected chi connectivity index (χ0v) is 14.5. The van der Waals surface area contributed by atoms with Gasteiger partial charge in [-0.25, -0.2) is 8.42 Å². The number of aromatic nitrogens is 2. The number of ether oxygens (including phenoxy) is 2. The van der Waals surface area contributed by atoms with Crippen molar-refractivity contribution in [3.05, 3.63) is 41.6 Å². The largest absolute Gasteiger partial charge is 0.495 e. The molecule has 2 aromatic rings. The van der Waals surface area contributed by atoms with E-state index in [4.69, 9.17) is 21.1 Å². The molecule has 1 atom stereocenters. The molecular formula is C15H16ClN3O4S. The van der Waals surface area contributed by atoms with Crippen LogP contribution < -0.4 is 9.47 Å². The van der Waals surface area contributed by atoms with Crippen molar-refractivity contribution in [3.8, 4) is 11.6 Å². The van der Waals surface area contributed by atoms with E-state index in [0.29, 0.717) is 23.9 Å². The maximum Gasteiger partial charge on any atom is 0.246 e. The van der Waals surface area contributed by atoms with Crippen LogP contribution in [0.4, 0.5) is 0 Å². The molecular weight excluding hydrogens is 354 g/mol. The molecule has 1 aliphatic rings. The van der Waals surface area contributed by atoms with E-state index in [-0.39, 0.29) is 23.3 Å². The third-order valence-electron chi connectivity index (χ3n) is 3.69. The summed E-state index contributed by atoms with van der Waals surface area (Å²) in [6.07, 6.45) is 1.84. The lowest BCUT2D eigenvalue weighted by atomic mass is 10.3. The molecule has 1 saturated heterocycles. The second kappa shape index (κ2) is 6.92. The maximum absolute atomic E-state index is 12.9. The van der Waals surface area contributed by atoms with Gasteiger partial charge in [0.2, 0.25) is 15.9 Å². The molecule has 128 valence electrons. The summed E-state index contributed by atoms with van der Waals surface area (Å²) in [6.45, 7) is 0.581. The standard InChI is InChI=1S/C15H16ClN3O4S/c1-22-13-5-4-11(16)9-14(13)24(20,21)19-8-6-12(10-19)23-15-3-2-7-17-18-15/h2-5,7,9,12H,6,8,10H2,1H3. The van der Waals surface area contributed by atoms with Crippen molar-refractivity contribution in [3.63, 3.8) is 0 Å². The molecule has 1 aromatic heterocycles. The summed E-state index contributed by atoms with van der Waals surface area (Å²) in [5.74, 6) is 0.639. The van der Waals surface area contributed by atoms with Crippen LogP contribution in [-0.2, 0) is 10.0 Å². The number of benzene rings is 1. The Morgan fingerprint density at radius 1 is 1.33 bits per heavy atom. The van der Waals surface area contributed by atoms with E-state index in [2.05, 4.69) is 10.2 Å². The molecule has 24 heavy (non-hydrogen) atoms. The molecule has 1 aliphatic heterocycles. The quantitative estimate of drug-likeness (QED) is 0.801. The highest BCUT2D eigenvalue weighted by molar-refractivity contribution is 7.89. The van der Waals surface area contributed by atoms with Crippen LogP contribution in [0.2, 0.25) is 5.02 Å². The third-order valence-corrected chi connectivity index (χ3v) is 5.81. The van der Waals surface area contributed by atoms with Gasteiger partial charge in [0, 0.05) is 23.8 Å². The minimum atomic E-state index is -3.72. The SMILES string of the molecule is COc1ccc(Cl)cc1S(=O)(=O)N1CCC(Oc2cccnn2)C1. The van der Waals surface area contributed by atoms with Crippen molar-refractivity contribution < 1.29 is 17.9 Å². The van der Waals surface area contributed by atoms with Crippen molar-refractivity contribution in [2.75, 3.05) is 20.2 Å². The van der Waals surface area contributed by atoms with E-state index in [1.807, 2.05) is 0 Å². The molecule has 0 radical (unpaired) electrons. The summed E-state index contributed by atoms with van der Waals surface area (Å²) in [4.78, 5) is 0.0534. The first-order valence-electron chi connectivity index (χ1n) is 7.29. The molecule has 0 N–H and O–H groups in total. The Labute approximate surface area is 145 Å². The lowest BCUT2D eigenvalue weighted by molar-refractivity contribution is 0.204. The average molecular weight is 370 g/mol. The highest BCUT2D eigenvalue weighted by atomic mass is 35.5. The molecule has 0 spiro atoms. The molecule has 7 nitrogen and oxygen atoms in total. The summed E-state index contributed by atoms with van der Waals surface area (Å²) >= 11 is 5.94. The maximum atomic E-state index is 12.9. The van der Waals surface area contributed by atoms with Crippen LogP contribution in [0.3, 0.4) is 0 Å². The number of sulfonamides is 1. The van der Waals surface area contributed by atoms with E-state index in [1.165, 1.54) is 17.5 Å². The van der Waals surface area contributed by atoms with Crippen molar-refractivity contribution >= 4 is 21.6 Å². The number of hydrogen-bond acceptors (Lipinski definition) is 6. The minimum Gasteiger partial charge on any atom is -0.495 e. The van der Waals surface area contributed by atoms with Gasteiger partial charge >= 0.3 is 0 Å². The van der Waals surface area contributed by atoms with Gasteiger partial charge in [-0.05, 0) is 30.7 Å². The molecule has 0 amide bonds. The number of halogens is 1.